The third kappa shape index (κ3) is 5.34. The molecular formula is C21H20O6. The zero-order valence-electron chi connectivity index (χ0n) is 15.0. The van der Waals surface area contributed by atoms with E-state index in [1.54, 1.807) is 24.3 Å². The molecular weight excluding hydrogens is 348 g/mol. The molecule has 0 saturated heterocycles. The van der Waals surface area contributed by atoms with Gasteiger partial charge in [-0.2, -0.15) is 0 Å². The number of rotatable bonds is 8. The number of fused-ring (bicyclic) bond motifs is 1. The second-order valence-corrected chi connectivity index (χ2v) is 5.81. The molecule has 3 rings (SSSR count). The molecule has 0 atom stereocenters. The van der Waals surface area contributed by atoms with Gasteiger partial charge in [-0.3, -0.25) is 0 Å². The summed E-state index contributed by atoms with van der Waals surface area (Å²) in [6.07, 6.45) is 0.932. The van der Waals surface area contributed by atoms with E-state index in [1.807, 2.05) is 24.3 Å². The normalized spacial score (nSPS) is 10.6. The second-order valence-electron chi connectivity index (χ2n) is 5.81. The minimum atomic E-state index is -0.504. The third-order valence-electron chi connectivity index (χ3n) is 3.87. The van der Waals surface area contributed by atoms with Crippen molar-refractivity contribution in [2.45, 2.75) is 13.3 Å². The molecule has 1 aromatic heterocycles. The van der Waals surface area contributed by atoms with Gasteiger partial charge in [0.2, 0.25) is 0 Å². The largest absolute Gasteiger partial charge is 0.490 e. The molecule has 2 aromatic carbocycles. The van der Waals surface area contributed by atoms with Gasteiger partial charge in [-0.15, -0.1) is 0 Å². The van der Waals surface area contributed by atoms with Crippen LogP contribution in [0, 0.1) is 0 Å². The van der Waals surface area contributed by atoms with Crippen LogP contribution in [-0.4, -0.2) is 25.8 Å². The quantitative estimate of drug-likeness (QED) is 0.345. The van der Waals surface area contributed by atoms with E-state index >= 15 is 0 Å². The average molecular weight is 368 g/mol. The number of esters is 1. The molecule has 0 saturated carbocycles. The number of hydrogen-bond donors (Lipinski definition) is 0. The Bertz CT molecular complexity index is 976. The van der Waals surface area contributed by atoms with E-state index in [9.17, 15) is 9.59 Å². The van der Waals surface area contributed by atoms with E-state index in [0.717, 1.165) is 17.6 Å². The predicted octanol–water partition coefficient (Wildman–Crippen LogP) is 3.36. The lowest BCUT2D eigenvalue weighted by molar-refractivity contribution is -0.146. The van der Waals surface area contributed by atoms with Crippen LogP contribution in [0.25, 0.3) is 11.0 Å². The minimum absolute atomic E-state index is 0.130. The molecule has 27 heavy (non-hydrogen) atoms. The van der Waals surface area contributed by atoms with Crippen molar-refractivity contribution in [3.05, 3.63) is 70.6 Å². The number of aryl methyl sites for hydroxylation is 1. The van der Waals surface area contributed by atoms with Gasteiger partial charge in [0, 0.05) is 17.5 Å². The molecule has 140 valence electrons. The average Bonchev–Trinajstić information content (AvgIpc) is 2.69. The van der Waals surface area contributed by atoms with E-state index in [1.165, 1.54) is 11.6 Å². The molecule has 0 amide bonds. The Hall–Kier alpha value is -3.28. The molecule has 0 radical (unpaired) electrons. The summed E-state index contributed by atoms with van der Waals surface area (Å²) in [6.45, 7) is 2.23. The van der Waals surface area contributed by atoms with Crippen molar-refractivity contribution >= 4 is 16.9 Å². The first kappa shape index (κ1) is 18.5. The van der Waals surface area contributed by atoms with Crippen LogP contribution in [0.1, 0.15) is 12.5 Å². The van der Waals surface area contributed by atoms with Crippen LogP contribution in [-0.2, 0) is 16.0 Å². The molecule has 6 nitrogen and oxygen atoms in total. The van der Waals surface area contributed by atoms with Gasteiger partial charge in [0.1, 0.15) is 30.3 Å². The van der Waals surface area contributed by atoms with Crippen LogP contribution in [0.2, 0.25) is 0 Å². The van der Waals surface area contributed by atoms with Crippen LogP contribution < -0.4 is 15.1 Å². The maximum Gasteiger partial charge on any atom is 0.344 e. The molecule has 1 heterocycles. The first-order chi connectivity index (χ1) is 13.1. The summed E-state index contributed by atoms with van der Waals surface area (Å²) in [5.41, 5.74) is 1.14. The van der Waals surface area contributed by atoms with Crippen LogP contribution in [0.4, 0.5) is 0 Å². The number of carbonyl (C=O) groups is 1. The van der Waals surface area contributed by atoms with Crippen molar-refractivity contribution in [2.75, 3.05) is 19.8 Å². The molecule has 0 fully saturated rings. The molecule has 0 aliphatic heterocycles. The van der Waals surface area contributed by atoms with E-state index in [4.69, 9.17) is 18.6 Å². The standard InChI is InChI=1S/C21H20O6/c1-2-15-4-3-5-17(12-15)24-10-11-25-21(23)14-26-18-8-6-16-7-9-20(22)27-19(16)13-18/h3-9,12-13H,2,10-11,14H2,1H3. The Morgan fingerprint density at radius 3 is 2.63 bits per heavy atom. The van der Waals surface area contributed by atoms with Gasteiger partial charge in [-0.1, -0.05) is 19.1 Å². The van der Waals surface area contributed by atoms with Crippen molar-refractivity contribution < 1.29 is 23.4 Å². The summed E-state index contributed by atoms with van der Waals surface area (Å²) in [5.74, 6) is 0.663. The van der Waals surface area contributed by atoms with Gasteiger partial charge in [0.05, 0.1) is 0 Å². The molecule has 0 aliphatic carbocycles. The van der Waals surface area contributed by atoms with Gasteiger partial charge >= 0.3 is 11.6 Å². The fraction of sp³-hybridized carbons (Fsp3) is 0.238. The number of ether oxygens (including phenoxy) is 3. The Labute approximate surface area is 156 Å². The Morgan fingerprint density at radius 2 is 1.78 bits per heavy atom. The van der Waals surface area contributed by atoms with E-state index in [0.29, 0.717) is 11.3 Å². The first-order valence-corrected chi connectivity index (χ1v) is 8.68. The van der Waals surface area contributed by atoms with Crippen molar-refractivity contribution in [2.24, 2.45) is 0 Å². The Morgan fingerprint density at radius 1 is 0.963 bits per heavy atom. The highest BCUT2D eigenvalue weighted by atomic mass is 16.6. The minimum Gasteiger partial charge on any atom is -0.490 e. The van der Waals surface area contributed by atoms with Gasteiger partial charge < -0.3 is 18.6 Å². The zero-order valence-corrected chi connectivity index (χ0v) is 15.0. The fourth-order valence-corrected chi connectivity index (χ4v) is 2.48. The monoisotopic (exact) mass is 368 g/mol. The summed E-state index contributed by atoms with van der Waals surface area (Å²) >= 11 is 0. The van der Waals surface area contributed by atoms with Crippen LogP contribution in [0.5, 0.6) is 11.5 Å². The van der Waals surface area contributed by atoms with Gasteiger partial charge in [0.15, 0.2) is 6.61 Å². The van der Waals surface area contributed by atoms with Crippen LogP contribution in [0.3, 0.4) is 0 Å². The van der Waals surface area contributed by atoms with Crippen molar-refractivity contribution in [3.8, 4) is 11.5 Å². The van der Waals surface area contributed by atoms with E-state index < -0.39 is 11.6 Å². The van der Waals surface area contributed by atoms with Crippen molar-refractivity contribution in [3.63, 3.8) is 0 Å². The Balaban J connectivity index is 1.42. The third-order valence-corrected chi connectivity index (χ3v) is 3.87. The highest BCUT2D eigenvalue weighted by Gasteiger charge is 2.06. The molecule has 0 bridgehead atoms. The maximum absolute atomic E-state index is 11.8. The molecule has 6 heteroatoms. The Kier molecular flexibility index (Phi) is 6.10. The lowest BCUT2D eigenvalue weighted by atomic mass is 10.2. The van der Waals surface area contributed by atoms with Crippen molar-refractivity contribution in [1.29, 1.82) is 0 Å². The molecule has 0 N–H and O–H groups in total. The van der Waals surface area contributed by atoms with Crippen LogP contribution >= 0.6 is 0 Å². The summed E-state index contributed by atoms with van der Waals surface area (Å²) in [7, 11) is 0. The van der Waals surface area contributed by atoms with Crippen LogP contribution in [0.15, 0.2) is 63.8 Å². The summed E-state index contributed by atoms with van der Waals surface area (Å²) in [5, 5.41) is 0.772. The topological polar surface area (TPSA) is 75.0 Å². The first-order valence-electron chi connectivity index (χ1n) is 8.68. The lowest BCUT2D eigenvalue weighted by Crippen LogP contribution is -2.18. The maximum atomic E-state index is 11.8. The lowest BCUT2D eigenvalue weighted by Gasteiger charge is -2.09. The molecule has 0 aliphatic rings. The molecule has 3 aromatic rings. The molecule has 0 unspecified atom stereocenters. The fourth-order valence-electron chi connectivity index (χ4n) is 2.48. The number of carbonyl (C=O) groups excluding carboxylic acids is 1. The smallest absolute Gasteiger partial charge is 0.344 e. The van der Waals surface area contributed by atoms with E-state index in [2.05, 4.69) is 6.92 Å². The summed E-state index contributed by atoms with van der Waals surface area (Å²) < 4.78 is 21.1. The SMILES string of the molecule is CCc1cccc(OCCOC(=O)COc2ccc3ccc(=O)oc3c2)c1. The van der Waals surface area contributed by atoms with E-state index in [-0.39, 0.29) is 19.8 Å². The number of benzene rings is 2. The zero-order chi connectivity index (χ0) is 19.1. The van der Waals surface area contributed by atoms with Gasteiger partial charge in [-0.25, -0.2) is 9.59 Å². The second kappa shape index (κ2) is 8.89. The summed E-state index contributed by atoms with van der Waals surface area (Å²) in [6, 6.07) is 15.8. The molecule has 0 spiro atoms. The number of hydrogen-bond acceptors (Lipinski definition) is 6. The highest BCUT2D eigenvalue weighted by Crippen LogP contribution is 2.19. The highest BCUT2D eigenvalue weighted by molar-refractivity contribution is 5.78. The van der Waals surface area contributed by atoms with Gasteiger partial charge in [-0.05, 0) is 42.3 Å². The van der Waals surface area contributed by atoms with Crippen molar-refractivity contribution in [1.82, 2.24) is 0 Å². The van der Waals surface area contributed by atoms with Gasteiger partial charge in [0.25, 0.3) is 0 Å². The predicted molar refractivity (Wildman–Crippen MR) is 100 cm³/mol. The summed E-state index contributed by atoms with van der Waals surface area (Å²) in [4.78, 5) is 23.0.